The van der Waals surface area contributed by atoms with Crippen molar-refractivity contribution in [3.63, 3.8) is 0 Å². The van der Waals surface area contributed by atoms with E-state index < -0.39 is 11.9 Å². The second-order valence-corrected chi connectivity index (χ2v) is 9.20. The van der Waals surface area contributed by atoms with Gasteiger partial charge in [0.1, 0.15) is 9.34 Å². The Morgan fingerprint density at radius 1 is 1.30 bits per heavy atom. The predicted octanol–water partition coefficient (Wildman–Crippen LogP) is 4.45. The first-order valence-corrected chi connectivity index (χ1v) is 10.5. The van der Waals surface area contributed by atoms with E-state index >= 15 is 0 Å². The van der Waals surface area contributed by atoms with Crippen LogP contribution in [0.25, 0.3) is 0 Å². The molecule has 144 valence electrons. The van der Waals surface area contributed by atoms with Gasteiger partial charge in [-0.2, -0.15) is 0 Å². The van der Waals surface area contributed by atoms with E-state index in [0.717, 1.165) is 21.8 Å². The molecule has 0 saturated carbocycles. The lowest BCUT2D eigenvalue weighted by atomic mass is 10.0. The molecule has 0 atom stereocenters. The quantitative estimate of drug-likeness (QED) is 0.703. The van der Waals surface area contributed by atoms with Gasteiger partial charge in [-0.15, -0.1) is 22.7 Å². The highest BCUT2D eigenvalue weighted by atomic mass is 35.5. The van der Waals surface area contributed by atoms with E-state index in [1.807, 2.05) is 0 Å². The zero-order valence-corrected chi connectivity index (χ0v) is 17.7. The summed E-state index contributed by atoms with van der Waals surface area (Å²) in [4.78, 5) is 39.4. The molecular formula is C17H16Cl2N2O4S2. The number of thiophene rings is 2. The van der Waals surface area contributed by atoms with Gasteiger partial charge in [0.25, 0.3) is 5.91 Å². The van der Waals surface area contributed by atoms with Crippen LogP contribution in [0.3, 0.4) is 0 Å². The first-order valence-electron chi connectivity index (χ1n) is 8.15. The number of rotatable bonds is 4. The zero-order chi connectivity index (χ0) is 19.7. The van der Waals surface area contributed by atoms with E-state index in [4.69, 9.17) is 27.9 Å². The Kier molecular flexibility index (Phi) is 6.10. The minimum Gasteiger partial charge on any atom is -0.462 e. The SMILES string of the molecule is CCOC(=O)c1c(NC(=O)c2cc(Cl)sc2Cl)sc2c1CCN(C(C)=O)C2. The van der Waals surface area contributed by atoms with Crippen LogP contribution in [0.5, 0.6) is 0 Å². The second-order valence-electron chi connectivity index (χ2n) is 5.81. The van der Waals surface area contributed by atoms with E-state index in [1.165, 1.54) is 24.3 Å². The number of carbonyl (C=O) groups is 3. The number of nitrogens with zero attached hydrogens (tertiary/aromatic N) is 1. The molecule has 3 heterocycles. The number of hydrogen-bond acceptors (Lipinski definition) is 6. The van der Waals surface area contributed by atoms with E-state index in [-0.39, 0.29) is 22.4 Å². The molecule has 0 spiro atoms. The number of esters is 1. The average molecular weight is 447 g/mol. The highest BCUT2D eigenvalue weighted by Crippen LogP contribution is 2.39. The molecule has 10 heteroatoms. The van der Waals surface area contributed by atoms with E-state index in [9.17, 15) is 14.4 Å². The van der Waals surface area contributed by atoms with Crippen molar-refractivity contribution in [3.05, 3.63) is 36.3 Å². The van der Waals surface area contributed by atoms with Gasteiger partial charge < -0.3 is 15.0 Å². The predicted molar refractivity (Wildman–Crippen MR) is 107 cm³/mol. The number of fused-ring (bicyclic) bond motifs is 1. The number of halogens is 2. The molecule has 1 N–H and O–H groups in total. The molecule has 0 fully saturated rings. The van der Waals surface area contributed by atoms with Crippen LogP contribution in [-0.2, 0) is 22.5 Å². The maximum absolute atomic E-state index is 12.6. The molecule has 6 nitrogen and oxygen atoms in total. The monoisotopic (exact) mass is 446 g/mol. The first-order chi connectivity index (χ1) is 12.8. The molecule has 1 aliphatic heterocycles. The highest BCUT2D eigenvalue weighted by Gasteiger charge is 2.30. The Labute approximate surface area is 174 Å². The molecule has 0 radical (unpaired) electrons. The molecule has 27 heavy (non-hydrogen) atoms. The summed E-state index contributed by atoms with van der Waals surface area (Å²) in [7, 11) is 0. The zero-order valence-electron chi connectivity index (χ0n) is 14.6. The topological polar surface area (TPSA) is 75.7 Å². The number of nitrogens with one attached hydrogen (secondary N) is 1. The van der Waals surface area contributed by atoms with Crippen LogP contribution in [-0.4, -0.2) is 35.8 Å². The summed E-state index contributed by atoms with van der Waals surface area (Å²) in [5.41, 5.74) is 1.42. The van der Waals surface area contributed by atoms with Gasteiger partial charge >= 0.3 is 5.97 Å². The van der Waals surface area contributed by atoms with Crippen LogP contribution in [0, 0.1) is 0 Å². The highest BCUT2D eigenvalue weighted by molar-refractivity contribution is 7.20. The van der Waals surface area contributed by atoms with Crippen molar-refractivity contribution in [2.45, 2.75) is 26.8 Å². The van der Waals surface area contributed by atoms with Crippen LogP contribution < -0.4 is 5.32 Å². The van der Waals surface area contributed by atoms with Crippen LogP contribution >= 0.6 is 45.9 Å². The third kappa shape index (κ3) is 4.13. The number of amides is 2. The molecule has 3 rings (SSSR count). The molecule has 0 aromatic carbocycles. The van der Waals surface area contributed by atoms with Gasteiger partial charge in [0.15, 0.2) is 0 Å². The number of anilines is 1. The third-order valence-electron chi connectivity index (χ3n) is 4.11. The van der Waals surface area contributed by atoms with Crippen LogP contribution in [0.2, 0.25) is 8.67 Å². The smallest absolute Gasteiger partial charge is 0.341 e. The Morgan fingerprint density at radius 2 is 2.04 bits per heavy atom. The summed E-state index contributed by atoms with van der Waals surface area (Å²) in [6, 6.07) is 1.49. The van der Waals surface area contributed by atoms with Gasteiger partial charge in [0, 0.05) is 18.3 Å². The van der Waals surface area contributed by atoms with Crippen molar-refractivity contribution >= 4 is 68.7 Å². The molecular weight excluding hydrogens is 431 g/mol. The van der Waals surface area contributed by atoms with Crippen LogP contribution in [0.4, 0.5) is 5.00 Å². The van der Waals surface area contributed by atoms with Gasteiger partial charge in [-0.1, -0.05) is 23.2 Å². The number of ether oxygens (including phenoxy) is 1. The van der Waals surface area contributed by atoms with Gasteiger partial charge in [-0.05, 0) is 25.0 Å². The molecule has 0 saturated heterocycles. The fourth-order valence-corrected chi connectivity index (χ4v) is 5.55. The van der Waals surface area contributed by atoms with Crippen molar-refractivity contribution in [1.29, 1.82) is 0 Å². The maximum atomic E-state index is 12.6. The fraction of sp³-hybridized carbons (Fsp3) is 0.353. The normalized spacial score (nSPS) is 13.3. The average Bonchev–Trinajstić information content (AvgIpc) is 3.13. The molecule has 0 aliphatic carbocycles. The summed E-state index contributed by atoms with van der Waals surface area (Å²) in [6.45, 7) is 4.38. The van der Waals surface area contributed by atoms with Crippen molar-refractivity contribution in [2.24, 2.45) is 0 Å². The lowest BCUT2D eigenvalue weighted by molar-refractivity contribution is -0.129. The van der Waals surface area contributed by atoms with Crippen molar-refractivity contribution in [3.8, 4) is 0 Å². The molecule has 0 unspecified atom stereocenters. The Balaban J connectivity index is 1.96. The first kappa shape index (κ1) is 20.1. The van der Waals surface area contributed by atoms with Crippen molar-refractivity contribution in [1.82, 2.24) is 4.90 Å². The molecule has 2 aromatic heterocycles. The lowest BCUT2D eigenvalue weighted by Gasteiger charge is -2.25. The third-order valence-corrected chi connectivity index (χ3v) is 6.73. The fourth-order valence-electron chi connectivity index (χ4n) is 2.85. The molecule has 2 amide bonds. The van der Waals surface area contributed by atoms with E-state index in [1.54, 1.807) is 11.8 Å². The lowest BCUT2D eigenvalue weighted by Crippen LogP contribution is -2.34. The minimum absolute atomic E-state index is 0.0305. The minimum atomic E-state index is -0.490. The van der Waals surface area contributed by atoms with Gasteiger partial charge in [-0.25, -0.2) is 4.79 Å². The second kappa shape index (κ2) is 8.18. The number of hydrogen-bond donors (Lipinski definition) is 1. The Morgan fingerprint density at radius 3 is 2.63 bits per heavy atom. The standard InChI is InChI=1S/C17H16Cl2N2O4S2/c1-3-25-17(24)13-9-4-5-21(8(2)22)7-11(9)26-16(13)20-15(23)10-6-12(18)27-14(10)19/h6H,3-5,7H2,1-2H3,(H,20,23). The number of carbonyl (C=O) groups excluding carboxylic acids is 3. The summed E-state index contributed by atoms with van der Waals surface area (Å²) in [5, 5.41) is 3.16. The molecule has 0 bridgehead atoms. The van der Waals surface area contributed by atoms with Gasteiger partial charge in [0.2, 0.25) is 5.91 Å². The Hall–Kier alpha value is -1.61. The van der Waals surface area contributed by atoms with Crippen molar-refractivity contribution < 1.29 is 19.1 Å². The van der Waals surface area contributed by atoms with Crippen LogP contribution in [0.15, 0.2) is 6.07 Å². The van der Waals surface area contributed by atoms with E-state index in [2.05, 4.69) is 5.32 Å². The van der Waals surface area contributed by atoms with Gasteiger partial charge in [-0.3, -0.25) is 9.59 Å². The molecule has 2 aromatic rings. The Bertz CT molecular complexity index is 922. The summed E-state index contributed by atoms with van der Waals surface area (Å²) in [6.07, 6.45) is 0.528. The summed E-state index contributed by atoms with van der Waals surface area (Å²) < 4.78 is 5.85. The largest absolute Gasteiger partial charge is 0.462 e. The summed E-state index contributed by atoms with van der Waals surface area (Å²) >= 11 is 14.3. The molecule has 1 aliphatic rings. The van der Waals surface area contributed by atoms with Crippen LogP contribution in [0.1, 0.15) is 45.0 Å². The summed E-state index contributed by atoms with van der Waals surface area (Å²) in [5.74, 6) is -0.969. The van der Waals surface area contributed by atoms with Crippen molar-refractivity contribution in [2.75, 3.05) is 18.5 Å². The van der Waals surface area contributed by atoms with Gasteiger partial charge in [0.05, 0.1) is 28.6 Å². The van der Waals surface area contributed by atoms with E-state index in [0.29, 0.717) is 34.4 Å². The maximum Gasteiger partial charge on any atom is 0.341 e.